The van der Waals surface area contributed by atoms with Gasteiger partial charge in [0, 0.05) is 13.8 Å². The summed E-state index contributed by atoms with van der Waals surface area (Å²) in [7, 11) is 0. The first-order valence-corrected chi connectivity index (χ1v) is 3.85. The maximum absolute atomic E-state index is 11.4. The van der Waals surface area contributed by atoms with Crippen molar-refractivity contribution in [2.24, 2.45) is 0 Å². The minimum absolute atomic E-state index is 0.198. The Labute approximate surface area is 79.6 Å². The minimum atomic E-state index is -0.909. The zero-order chi connectivity index (χ0) is 10.9. The van der Waals surface area contributed by atoms with E-state index in [0.717, 1.165) is 11.8 Å². The van der Waals surface area contributed by atoms with Gasteiger partial charge in [0.05, 0.1) is 0 Å². The van der Waals surface area contributed by atoms with Crippen LogP contribution in [-0.2, 0) is 9.59 Å². The van der Waals surface area contributed by atoms with Crippen molar-refractivity contribution in [1.82, 2.24) is 15.1 Å². The Balaban J connectivity index is 2.94. The Bertz CT molecular complexity index is 325. The highest BCUT2D eigenvalue weighted by molar-refractivity contribution is 6.13. The summed E-state index contributed by atoms with van der Waals surface area (Å²) in [4.78, 5) is 45.4. The van der Waals surface area contributed by atoms with Gasteiger partial charge in [0.25, 0.3) is 0 Å². The van der Waals surface area contributed by atoms with Gasteiger partial charge < -0.3 is 5.32 Å². The number of amides is 6. The monoisotopic (exact) mass is 199 g/mol. The highest BCUT2D eigenvalue weighted by atomic mass is 16.2. The Hall–Kier alpha value is -1.92. The van der Waals surface area contributed by atoms with Crippen molar-refractivity contribution in [3.8, 4) is 0 Å². The number of hydrogen-bond acceptors (Lipinski definition) is 4. The molecule has 0 saturated carbocycles. The molecule has 7 nitrogen and oxygen atoms in total. The van der Waals surface area contributed by atoms with Gasteiger partial charge in [0.1, 0.15) is 6.67 Å². The van der Waals surface area contributed by atoms with E-state index >= 15 is 0 Å². The number of hydrogen-bond donors (Lipinski definition) is 1. The van der Waals surface area contributed by atoms with Crippen molar-refractivity contribution < 1.29 is 19.2 Å². The number of imide groups is 4. The summed E-state index contributed by atoms with van der Waals surface area (Å²) < 4.78 is 0. The number of carbonyl (C=O) groups is 4. The van der Waals surface area contributed by atoms with Crippen LogP contribution in [0, 0.1) is 0 Å². The number of nitrogens with zero attached hydrogens (tertiary/aromatic N) is 2. The molecule has 76 valence electrons. The summed E-state index contributed by atoms with van der Waals surface area (Å²) >= 11 is 0. The van der Waals surface area contributed by atoms with E-state index in [0.29, 0.717) is 4.90 Å². The number of carbonyl (C=O) groups excluding carboxylic acids is 4. The molecule has 1 N–H and O–H groups in total. The third-order valence-corrected chi connectivity index (χ3v) is 1.71. The molecule has 0 aliphatic carbocycles. The van der Waals surface area contributed by atoms with E-state index in [1.165, 1.54) is 6.92 Å². The summed E-state index contributed by atoms with van der Waals surface area (Å²) in [5.74, 6) is -1.25. The number of urea groups is 2. The van der Waals surface area contributed by atoms with Crippen molar-refractivity contribution in [2.45, 2.75) is 13.8 Å². The number of rotatable bonds is 0. The van der Waals surface area contributed by atoms with E-state index in [-0.39, 0.29) is 6.67 Å². The molecule has 14 heavy (non-hydrogen) atoms. The molecule has 1 aliphatic rings. The Morgan fingerprint density at radius 1 is 1.21 bits per heavy atom. The van der Waals surface area contributed by atoms with E-state index in [1.54, 1.807) is 0 Å². The summed E-state index contributed by atoms with van der Waals surface area (Å²) in [5, 5.41) is 2.23. The van der Waals surface area contributed by atoms with Crippen molar-refractivity contribution in [3.05, 3.63) is 0 Å². The van der Waals surface area contributed by atoms with Crippen molar-refractivity contribution in [2.75, 3.05) is 6.67 Å². The molecule has 1 saturated heterocycles. The SMILES string of the molecule is CC(=O)N1CNC(=O)N(C(C)=O)C1=O. The largest absolute Gasteiger partial charge is 0.343 e. The average Bonchev–Trinajstić information content (AvgIpc) is 2.02. The molecule has 0 aromatic heterocycles. The lowest BCUT2D eigenvalue weighted by molar-refractivity contribution is -0.129. The van der Waals surface area contributed by atoms with Crippen LogP contribution in [0.1, 0.15) is 13.8 Å². The van der Waals surface area contributed by atoms with E-state index < -0.39 is 23.9 Å². The highest BCUT2D eigenvalue weighted by Crippen LogP contribution is 2.05. The summed E-state index contributed by atoms with van der Waals surface area (Å²) in [6, 6.07) is -1.71. The van der Waals surface area contributed by atoms with Gasteiger partial charge in [-0.25, -0.2) is 14.5 Å². The Morgan fingerprint density at radius 2 is 1.79 bits per heavy atom. The van der Waals surface area contributed by atoms with E-state index in [2.05, 4.69) is 5.32 Å². The third-order valence-electron chi connectivity index (χ3n) is 1.71. The molecule has 0 aromatic carbocycles. The van der Waals surface area contributed by atoms with Gasteiger partial charge in [-0.3, -0.25) is 9.59 Å². The molecule has 0 unspecified atom stereocenters. The molecule has 1 heterocycles. The molecule has 6 amide bonds. The fourth-order valence-corrected chi connectivity index (χ4v) is 1.02. The van der Waals surface area contributed by atoms with Gasteiger partial charge in [-0.1, -0.05) is 0 Å². The minimum Gasteiger partial charge on any atom is -0.319 e. The predicted octanol–water partition coefficient (Wildman–Crippen LogP) is -0.516. The molecular weight excluding hydrogens is 190 g/mol. The molecule has 0 radical (unpaired) electrons. The van der Waals surface area contributed by atoms with Crippen LogP contribution in [0.3, 0.4) is 0 Å². The first-order chi connectivity index (χ1) is 6.45. The van der Waals surface area contributed by atoms with Gasteiger partial charge in [-0.2, -0.15) is 4.90 Å². The maximum Gasteiger partial charge on any atom is 0.343 e. The Kier molecular flexibility index (Phi) is 2.50. The second-order valence-electron chi connectivity index (χ2n) is 2.72. The summed E-state index contributed by atoms with van der Waals surface area (Å²) in [6.07, 6.45) is 0. The fourth-order valence-electron chi connectivity index (χ4n) is 1.02. The second kappa shape index (κ2) is 3.44. The van der Waals surface area contributed by atoms with Crippen LogP contribution < -0.4 is 5.32 Å². The van der Waals surface area contributed by atoms with Crippen LogP contribution in [0.25, 0.3) is 0 Å². The van der Waals surface area contributed by atoms with Crippen LogP contribution in [0.2, 0.25) is 0 Å². The van der Waals surface area contributed by atoms with Crippen LogP contribution in [0.15, 0.2) is 0 Å². The molecule has 1 aliphatic heterocycles. The predicted molar refractivity (Wildman–Crippen MR) is 43.8 cm³/mol. The normalized spacial score (nSPS) is 16.7. The van der Waals surface area contributed by atoms with Crippen molar-refractivity contribution >= 4 is 23.9 Å². The van der Waals surface area contributed by atoms with Crippen LogP contribution in [0.5, 0.6) is 0 Å². The molecule has 0 spiro atoms. The van der Waals surface area contributed by atoms with Gasteiger partial charge in [0.15, 0.2) is 0 Å². The maximum atomic E-state index is 11.4. The number of nitrogens with one attached hydrogen (secondary N) is 1. The molecule has 1 fully saturated rings. The summed E-state index contributed by atoms with van der Waals surface area (Å²) in [5.41, 5.74) is 0. The topological polar surface area (TPSA) is 86.8 Å². The van der Waals surface area contributed by atoms with Gasteiger partial charge in [-0.05, 0) is 0 Å². The quantitative estimate of drug-likeness (QED) is 0.568. The highest BCUT2D eigenvalue weighted by Gasteiger charge is 2.36. The lowest BCUT2D eigenvalue weighted by Gasteiger charge is -2.30. The molecular formula is C7H9N3O4. The third kappa shape index (κ3) is 1.56. The Morgan fingerprint density at radius 3 is 2.21 bits per heavy atom. The standard InChI is InChI=1S/C7H9N3O4/c1-4(11)9-3-8-6(13)10(5(2)12)7(9)14/h3H2,1-2H3,(H,8,13). The molecule has 1 rings (SSSR count). The molecule has 0 bridgehead atoms. The fraction of sp³-hybridized carbons (Fsp3) is 0.429. The van der Waals surface area contributed by atoms with Gasteiger partial charge in [-0.15, -0.1) is 0 Å². The van der Waals surface area contributed by atoms with E-state index in [9.17, 15) is 19.2 Å². The molecule has 7 heteroatoms. The van der Waals surface area contributed by atoms with E-state index in [4.69, 9.17) is 0 Å². The van der Waals surface area contributed by atoms with E-state index in [1.807, 2.05) is 0 Å². The zero-order valence-electron chi connectivity index (χ0n) is 7.73. The first kappa shape index (κ1) is 10.2. The first-order valence-electron chi connectivity index (χ1n) is 3.85. The molecule has 0 aromatic rings. The van der Waals surface area contributed by atoms with Crippen molar-refractivity contribution in [1.29, 1.82) is 0 Å². The smallest absolute Gasteiger partial charge is 0.319 e. The van der Waals surface area contributed by atoms with Crippen LogP contribution >= 0.6 is 0 Å². The lowest BCUT2D eigenvalue weighted by Crippen LogP contribution is -2.61. The average molecular weight is 199 g/mol. The van der Waals surface area contributed by atoms with Crippen LogP contribution in [-0.4, -0.2) is 40.3 Å². The molecule has 0 atom stereocenters. The lowest BCUT2D eigenvalue weighted by atomic mass is 10.4. The summed E-state index contributed by atoms with van der Waals surface area (Å²) in [6.45, 7) is 2.05. The van der Waals surface area contributed by atoms with Crippen LogP contribution in [0.4, 0.5) is 9.59 Å². The second-order valence-corrected chi connectivity index (χ2v) is 2.72. The van der Waals surface area contributed by atoms with Crippen molar-refractivity contribution in [3.63, 3.8) is 0 Å². The van der Waals surface area contributed by atoms with Gasteiger partial charge >= 0.3 is 12.1 Å². The zero-order valence-corrected chi connectivity index (χ0v) is 7.73. The van der Waals surface area contributed by atoms with Gasteiger partial charge in [0.2, 0.25) is 11.8 Å².